The van der Waals surface area contributed by atoms with Crippen LogP contribution in [0, 0.1) is 5.82 Å². The molecule has 0 aliphatic heterocycles. The van der Waals surface area contributed by atoms with E-state index in [0.717, 1.165) is 18.7 Å². The van der Waals surface area contributed by atoms with Crippen molar-refractivity contribution in [2.24, 2.45) is 0 Å². The fourth-order valence-corrected chi connectivity index (χ4v) is 2.19. The third-order valence-corrected chi connectivity index (χ3v) is 3.18. The molecule has 0 aliphatic rings. The Bertz CT molecular complexity index is 376. The van der Waals surface area contributed by atoms with E-state index in [0.29, 0.717) is 25.3 Å². The largest absolute Gasteiger partial charge is 0.385 e. The molecule has 0 atom stereocenters. The molecule has 0 heterocycles. The van der Waals surface area contributed by atoms with E-state index in [2.05, 4.69) is 4.90 Å². The fraction of sp³-hybridized carbons (Fsp3) is 0.571. The number of rotatable bonds is 9. The molecule has 0 bridgehead atoms. The van der Waals surface area contributed by atoms with Crippen molar-refractivity contribution in [2.45, 2.75) is 12.3 Å². The standard InChI is InChI=1S/C14H21ClFNO2/c1-18-9-4-7-17(8-10-19-2)14-6-3-5-13(16)12(14)11-15/h3,5-6H,4,7-11H2,1-2H3. The van der Waals surface area contributed by atoms with E-state index < -0.39 is 0 Å². The van der Waals surface area contributed by atoms with Crippen LogP contribution >= 0.6 is 11.6 Å². The van der Waals surface area contributed by atoms with E-state index >= 15 is 0 Å². The fourth-order valence-electron chi connectivity index (χ4n) is 1.93. The van der Waals surface area contributed by atoms with E-state index in [1.807, 2.05) is 6.07 Å². The summed E-state index contributed by atoms with van der Waals surface area (Å²) in [5.74, 6) is -0.0999. The molecule has 0 radical (unpaired) electrons. The van der Waals surface area contributed by atoms with Gasteiger partial charge in [0.05, 0.1) is 12.5 Å². The van der Waals surface area contributed by atoms with Crippen molar-refractivity contribution in [3.05, 3.63) is 29.6 Å². The minimum atomic E-state index is -0.262. The third kappa shape index (κ3) is 4.97. The summed E-state index contributed by atoms with van der Waals surface area (Å²) in [6.07, 6.45) is 0.873. The van der Waals surface area contributed by atoms with Crippen LogP contribution in [0.5, 0.6) is 0 Å². The molecule has 108 valence electrons. The van der Waals surface area contributed by atoms with Gasteiger partial charge in [-0.25, -0.2) is 4.39 Å². The predicted molar refractivity (Wildman–Crippen MR) is 76.5 cm³/mol. The molecule has 0 amide bonds. The van der Waals surface area contributed by atoms with Gasteiger partial charge < -0.3 is 14.4 Å². The van der Waals surface area contributed by atoms with Crippen LogP contribution in [0.25, 0.3) is 0 Å². The van der Waals surface area contributed by atoms with E-state index in [-0.39, 0.29) is 11.7 Å². The van der Waals surface area contributed by atoms with Gasteiger partial charge in [0, 0.05) is 45.2 Å². The highest BCUT2D eigenvalue weighted by atomic mass is 35.5. The maximum absolute atomic E-state index is 13.8. The van der Waals surface area contributed by atoms with Crippen molar-refractivity contribution in [1.29, 1.82) is 0 Å². The SMILES string of the molecule is COCCCN(CCOC)c1cccc(F)c1CCl. The zero-order valence-electron chi connectivity index (χ0n) is 11.5. The number of anilines is 1. The van der Waals surface area contributed by atoms with E-state index in [4.69, 9.17) is 21.1 Å². The molecule has 1 rings (SSSR count). The number of benzene rings is 1. The van der Waals surface area contributed by atoms with Crippen LogP contribution in [0.15, 0.2) is 18.2 Å². The van der Waals surface area contributed by atoms with Gasteiger partial charge in [-0.15, -0.1) is 11.6 Å². The molecule has 0 spiro atoms. The molecule has 3 nitrogen and oxygen atoms in total. The molecule has 1 aromatic rings. The Morgan fingerprint density at radius 2 is 1.89 bits per heavy atom. The quantitative estimate of drug-likeness (QED) is 0.515. The average molecular weight is 290 g/mol. The summed E-state index contributed by atoms with van der Waals surface area (Å²) < 4.78 is 23.9. The first kappa shape index (κ1) is 16.2. The summed E-state index contributed by atoms with van der Waals surface area (Å²) in [6.45, 7) is 2.75. The van der Waals surface area contributed by atoms with Gasteiger partial charge in [-0.2, -0.15) is 0 Å². The molecule has 0 saturated carbocycles. The number of hydrogen-bond donors (Lipinski definition) is 0. The van der Waals surface area contributed by atoms with Crippen LogP contribution in [0.2, 0.25) is 0 Å². The minimum absolute atomic E-state index is 0.162. The second-order valence-electron chi connectivity index (χ2n) is 4.20. The second kappa shape index (κ2) is 9.13. The maximum Gasteiger partial charge on any atom is 0.129 e. The summed E-state index contributed by atoms with van der Waals surface area (Å²) in [6, 6.07) is 5.03. The first-order valence-electron chi connectivity index (χ1n) is 6.30. The van der Waals surface area contributed by atoms with Crippen LogP contribution < -0.4 is 4.90 Å². The third-order valence-electron chi connectivity index (χ3n) is 2.91. The molecule has 0 saturated heterocycles. The smallest absolute Gasteiger partial charge is 0.129 e. The highest BCUT2D eigenvalue weighted by Gasteiger charge is 2.13. The summed E-state index contributed by atoms with van der Waals surface area (Å²) >= 11 is 5.85. The summed E-state index contributed by atoms with van der Waals surface area (Å²) in [7, 11) is 3.33. The molecule has 1 aromatic carbocycles. The van der Waals surface area contributed by atoms with E-state index in [9.17, 15) is 4.39 Å². The van der Waals surface area contributed by atoms with Crippen LogP contribution in [0.4, 0.5) is 10.1 Å². The Morgan fingerprint density at radius 3 is 2.53 bits per heavy atom. The maximum atomic E-state index is 13.8. The number of halogens is 2. The predicted octanol–water partition coefficient (Wildman–Crippen LogP) is 3.05. The van der Waals surface area contributed by atoms with E-state index in [1.54, 1.807) is 20.3 Å². The lowest BCUT2D eigenvalue weighted by Gasteiger charge is -2.26. The molecule has 0 fully saturated rings. The Balaban J connectivity index is 2.85. The van der Waals surface area contributed by atoms with Crippen molar-refractivity contribution in [3.63, 3.8) is 0 Å². The van der Waals surface area contributed by atoms with Crippen molar-refractivity contribution >= 4 is 17.3 Å². The minimum Gasteiger partial charge on any atom is -0.385 e. The zero-order valence-corrected chi connectivity index (χ0v) is 12.3. The van der Waals surface area contributed by atoms with Crippen LogP contribution in [-0.2, 0) is 15.4 Å². The highest BCUT2D eigenvalue weighted by molar-refractivity contribution is 6.17. The lowest BCUT2D eigenvalue weighted by atomic mass is 10.1. The Morgan fingerprint density at radius 1 is 1.16 bits per heavy atom. The Hall–Kier alpha value is -0.840. The van der Waals surface area contributed by atoms with Crippen molar-refractivity contribution < 1.29 is 13.9 Å². The summed E-state index contributed by atoms with van der Waals surface area (Å²) in [4.78, 5) is 2.09. The van der Waals surface area contributed by atoms with Crippen LogP contribution in [0.1, 0.15) is 12.0 Å². The molecule has 19 heavy (non-hydrogen) atoms. The molecule has 0 aromatic heterocycles. The van der Waals surface area contributed by atoms with Gasteiger partial charge in [0.2, 0.25) is 0 Å². The van der Waals surface area contributed by atoms with Gasteiger partial charge >= 0.3 is 0 Å². The topological polar surface area (TPSA) is 21.7 Å². The number of methoxy groups -OCH3 is 2. The monoisotopic (exact) mass is 289 g/mol. The van der Waals surface area contributed by atoms with Crippen LogP contribution in [-0.4, -0.2) is 40.5 Å². The highest BCUT2D eigenvalue weighted by Crippen LogP contribution is 2.25. The molecule has 0 aliphatic carbocycles. The molecule has 0 N–H and O–H groups in total. The van der Waals surface area contributed by atoms with Crippen molar-refractivity contribution in [2.75, 3.05) is 45.4 Å². The van der Waals surface area contributed by atoms with Gasteiger partial charge in [0.15, 0.2) is 0 Å². The zero-order chi connectivity index (χ0) is 14.1. The van der Waals surface area contributed by atoms with E-state index in [1.165, 1.54) is 6.07 Å². The Kier molecular flexibility index (Phi) is 7.79. The van der Waals surface area contributed by atoms with Gasteiger partial charge in [-0.05, 0) is 18.6 Å². The van der Waals surface area contributed by atoms with Gasteiger partial charge in [-0.1, -0.05) is 6.07 Å². The van der Waals surface area contributed by atoms with Crippen LogP contribution in [0.3, 0.4) is 0 Å². The van der Waals surface area contributed by atoms with Crippen molar-refractivity contribution in [1.82, 2.24) is 0 Å². The molecular formula is C14H21ClFNO2. The van der Waals surface area contributed by atoms with Gasteiger partial charge in [0.1, 0.15) is 5.82 Å². The number of alkyl halides is 1. The normalized spacial score (nSPS) is 10.7. The first-order valence-corrected chi connectivity index (χ1v) is 6.84. The number of ether oxygens (including phenoxy) is 2. The first-order chi connectivity index (χ1) is 9.24. The van der Waals surface area contributed by atoms with Gasteiger partial charge in [-0.3, -0.25) is 0 Å². The lowest BCUT2D eigenvalue weighted by molar-refractivity contribution is 0.191. The average Bonchev–Trinajstić information content (AvgIpc) is 2.42. The molecule has 5 heteroatoms. The summed E-state index contributed by atoms with van der Waals surface area (Å²) in [5.41, 5.74) is 1.38. The second-order valence-corrected chi connectivity index (χ2v) is 4.46. The summed E-state index contributed by atoms with van der Waals surface area (Å²) in [5, 5.41) is 0. The van der Waals surface area contributed by atoms with Gasteiger partial charge in [0.25, 0.3) is 0 Å². The molecular weight excluding hydrogens is 269 g/mol. The molecule has 0 unspecified atom stereocenters. The Labute approximate surface area is 119 Å². The van der Waals surface area contributed by atoms with Crippen molar-refractivity contribution in [3.8, 4) is 0 Å². The number of hydrogen-bond acceptors (Lipinski definition) is 3. The number of nitrogens with zero attached hydrogens (tertiary/aromatic N) is 1. The lowest BCUT2D eigenvalue weighted by Crippen LogP contribution is -2.30.